The van der Waals surface area contributed by atoms with Crippen LogP contribution >= 0.6 is 11.8 Å². The molecule has 0 bridgehead atoms. The molecule has 33 heavy (non-hydrogen) atoms. The standard InChI is InChI=1S/C21H25FN4O5S2/c1-29-17-12-14(13-18(30-2)19(17)31-3)20-24-25-21(32-11-7-10-23-33(4,27)28)26(20)16-9-6-5-8-15(16)22/h5-6,8-9,12-13,23H,7,10-11H2,1-4H3. The molecule has 178 valence electrons. The molecule has 0 spiro atoms. The molecule has 12 heteroatoms. The van der Waals surface area contributed by atoms with Gasteiger partial charge in [0, 0.05) is 17.9 Å². The molecule has 1 heterocycles. The number of nitrogens with zero attached hydrogens (tertiary/aromatic N) is 3. The molecule has 1 N–H and O–H groups in total. The van der Waals surface area contributed by atoms with Crippen molar-refractivity contribution in [3.05, 3.63) is 42.2 Å². The zero-order valence-electron chi connectivity index (χ0n) is 18.7. The highest BCUT2D eigenvalue weighted by Gasteiger charge is 2.22. The Hall–Kier alpha value is -2.83. The average molecular weight is 497 g/mol. The lowest BCUT2D eigenvalue weighted by molar-refractivity contribution is 0.324. The molecule has 0 radical (unpaired) electrons. The van der Waals surface area contributed by atoms with Crippen molar-refractivity contribution < 1.29 is 27.0 Å². The highest BCUT2D eigenvalue weighted by atomic mass is 32.2. The van der Waals surface area contributed by atoms with Crippen LogP contribution in [0.4, 0.5) is 4.39 Å². The first-order valence-corrected chi connectivity index (χ1v) is 12.7. The average Bonchev–Trinajstić information content (AvgIpc) is 3.20. The van der Waals surface area contributed by atoms with Crippen LogP contribution < -0.4 is 18.9 Å². The molecule has 3 aromatic rings. The number of benzene rings is 2. The Morgan fingerprint density at radius 1 is 1.06 bits per heavy atom. The van der Waals surface area contributed by atoms with Crippen LogP contribution in [0.5, 0.6) is 17.2 Å². The third kappa shape index (κ3) is 5.95. The molecule has 1 aromatic heterocycles. The van der Waals surface area contributed by atoms with E-state index in [9.17, 15) is 12.8 Å². The summed E-state index contributed by atoms with van der Waals surface area (Å²) in [6.45, 7) is 0.291. The van der Waals surface area contributed by atoms with Gasteiger partial charge in [-0.05, 0) is 30.7 Å². The predicted molar refractivity (Wildman–Crippen MR) is 125 cm³/mol. The van der Waals surface area contributed by atoms with Crippen LogP contribution in [0.3, 0.4) is 0 Å². The fourth-order valence-corrected chi connectivity index (χ4v) is 4.50. The lowest BCUT2D eigenvalue weighted by atomic mass is 10.1. The summed E-state index contributed by atoms with van der Waals surface area (Å²) < 4.78 is 57.6. The van der Waals surface area contributed by atoms with E-state index in [2.05, 4.69) is 14.9 Å². The SMILES string of the molecule is COc1cc(-c2nnc(SCCCNS(C)(=O)=O)n2-c2ccccc2F)cc(OC)c1OC. The Labute approximate surface area is 196 Å². The predicted octanol–water partition coefficient (Wildman–Crippen LogP) is 3.13. The molecule has 2 aromatic carbocycles. The van der Waals surface area contributed by atoms with Crippen molar-refractivity contribution in [3.63, 3.8) is 0 Å². The fraction of sp³-hybridized carbons (Fsp3) is 0.333. The van der Waals surface area contributed by atoms with Crippen molar-refractivity contribution >= 4 is 21.8 Å². The number of para-hydroxylation sites is 1. The lowest BCUT2D eigenvalue weighted by Crippen LogP contribution is -2.23. The molecule has 3 rings (SSSR count). The number of hydrogen-bond acceptors (Lipinski definition) is 8. The van der Waals surface area contributed by atoms with Crippen molar-refractivity contribution in [3.8, 4) is 34.3 Å². The molecule has 0 saturated heterocycles. The van der Waals surface area contributed by atoms with E-state index in [0.717, 1.165) is 6.26 Å². The Morgan fingerprint density at radius 2 is 1.73 bits per heavy atom. The highest BCUT2D eigenvalue weighted by molar-refractivity contribution is 7.99. The number of nitrogens with one attached hydrogen (secondary N) is 1. The van der Waals surface area contributed by atoms with E-state index >= 15 is 0 Å². The first-order valence-electron chi connectivity index (χ1n) is 9.87. The van der Waals surface area contributed by atoms with Crippen LogP contribution in [0.2, 0.25) is 0 Å². The zero-order chi connectivity index (χ0) is 24.0. The number of aromatic nitrogens is 3. The lowest BCUT2D eigenvalue weighted by Gasteiger charge is -2.15. The van der Waals surface area contributed by atoms with Crippen LogP contribution in [0.25, 0.3) is 17.1 Å². The molecule has 0 aliphatic heterocycles. The van der Waals surface area contributed by atoms with Gasteiger partial charge < -0.3 is 14.2 Å². The second-order valence-corrected chi connectivity index (χ2v) is 9.77. The maximum absolute atomic E-state index is 14.8. The molecular weight excluding hydrogens is 471 g/mol. The van der Waals surface area contributed by atoms with Crippen LogP contribution in [-0.2, 0) is 10.0 Å². The Morgan fingerprint density at radius 3 is 2.30 bits per heavy atom. The van der Waals surface area contributed by atoms with Crippen molar-refractivity contribution in [2.24, 2.45) is 0 Å². The number of ether oxygens (including phenoxy) is 3. The third-order valence-corrected chi connectivity index (χ3v) is 6.31. The van der Waals surface area contributed by atoms with E-state index < -0.39 is 15.8 Å². The molecule has 0 unspecified atom stereocenters. The molecular formula is C21H25FN4O5S2. The number of methoxy groups -OCH3 is 3. The summed E-state index contributed by atoms with van der Waals surface area (Å²) in [6, 6.07) is 9.75. The van der Waals surface area contributed by atoms with E-state index in [1.165, 1.54) is 39.2 Å². The van der Waals surface area contributed by atoms with Gasteiger partial charge in [-0.1, -0.05) is 23.9 Å². The highest BCUT2D eigenvalue weighted by Crippen LogP contribution is 2.41. The van der Waals surface area contributed by atoms with E-state index in [4.69, 9.17) is 14.2 Å². The Kier molecular flexibility index (Phi) is 8.16. The van der Waals surface area contributed by atoms with Crippen LogP contribution in [0.15, 0.2) is 41.6 Å². The van der Waals surface area contributed by atoms with Gasteiger partial charge in [0.1, 0.15) is 5.82 Å². The van der Waals surface area contributed by atoms with Gasteiger partial charge in [-0.2, -0.15) is 0 Å². The van der Waals surface area contributed by atoms with Crippen molar-refractivity contribution in [2.75, 3.05) is 39.9 Å². The van der Waals surface area contributed by atoms with Gasteiger partial charge in [0.2, 0.25) is 15.8 Å². The Bertz CT molecular complexity index is 1190. The second kappa shape index (κ2) is 10.9. The molecule has 9 nitrogen and oxygen atoms in total. The summed E-state index contributed by atoms with van der Waals surface area (Å²) >= 11 is 1.34. The minimum atomic E-state index is -3.25. The molecule has 0 atom stereocenters. The van der Waals surface area contributed by atoms with E-state index in [0.29, 0.717) is 52.5 Å². The van der Waals surface area contributed by atoms with Crippen molar-refractivity contribution in [2.45, 2.75) is 11.6 Å². The molecule has 0 fully saturated rings. The largest absolute Gasteiger partial charge is 0.493 e. The van der Waals surface area contributed by atoms with Crippen LogP contribution in [0, 0.1) is 5.82 Å². The maximum atomic E-state index is 14.8. The number of halogens is 1. The Balaban J connectivity index is 2.02. The second-order valence-electron chi connectivity index (χ2n) is 6.88. The van der Waals surface area contributed by atoms with Crippen LogP contribution in [-0.4, -0.2) is 63.1 Å². The minimum absolute atomic E-state index is 0.281. The van der Waals surface area contributed by atoms with E-state index in [-0.39, 0.29) is 5.69 Å². The monoisotopic (exact) mass is 496 g/mol. The minimum Gasteiger partial charge on any atom is -0.493 e. The number of sulfonamides is 1. The van der Waals surface area contributed by atoms with Crippen LogP contribution in [0.1, 0.15) is 6.42 Å². The molecule has 0 aliphatic carbocycles. The summed E-state index contributed by atoms with van der Waals surface area (Å²) in [5, 5.41) is 9.04. The summed E-state index contributed by atoms with van der Waals surface area (Å²) in [5.74, 6) is 1.77. The van der Waals surface area contributed by atoms with E-state index in [1.807, 2.05) is 0 Å². The summed E-state index contributed by atoms with van der Waals surface area (Å²) in [4.78, 5) is 0. The maximum Gasteiger partial charge on any atom is 0.208 e. The first-order chi connectivity index (χ1) is 15.8. The van der Waals surface area contributed by atoms with Gasteiger partial charge in [-0.3, -0.25) is 4.57 Å². The van der Waals surface area contributed by atoms with E-state index in [1.54, 1.807) is 34.9 Å². The zero-order valence-corrected chi connectivity index (χ0v) is 20.3. The van der Waals surface area contributed by atoms with Crippen molar-refractivity contribution in [1.29, 1.82) is 0 Å². The topological polar surface area (TPSA) is 105 Å². The molecule has 0 amide bonds. The number of hydrogen-bond donors (Lipinski definition) is 1. The van der Waals surface area contributed by atoms with Gasteiger partial charge in [0.15, 0.2) is 22.5 Å². The summed E-state index contributed by atoms with van der Waals surface area (Å²) in [6.07, 6.45) is 1.67. The summed E-state index contributed by atoms with van der Waals surface area (Å²) in [7, 11) is 1.27. The normalized spacial score (nSPS) is 11.4. The van der Waals surface area contributed by atoms with Gasteiger partial charge in [-0.25, -0.2) is 17.5 Å². The van der Waals surface area contributed by atoms with Gasteiger partial charge in [0.05, 0.1) is 33.3 Å². The quantitative estimate of drug-likeness (QED) is 0.319. The third-order valence-electron chi connectivity index (χ3n) is 4.57. The van der Waals surface area contributed by atoms with Gasteiger partial charge >= 0.3 is 0 Å². The first kappa shape index (κ1) is 24.8. The molecule has 0 saturated carbocycles. The number of thioether (sulfide) groups is 1. The molecule has 0 aliphatic rings. The van der Waals surface area contributed by atoms with Gasteiger partial charge in [0.25, 0.3) is 0 Å². The fourth-order valence-electron chi connectivity index (χ4n) is 3.10. The van der Waals surface area contributed by atoms with Gasteiger partial charge in [-0.15, -0.1) is 10.2 Å². The number of rotatable bonds is 11. The smallest absolute Gasteiger partial charge is 0.208 e. The summed E-state index contributed by atoms with van der Waals surface area (Å²) in [5.41, 5.74) is 0.869. The van der Waals surface area contributed by atoms with Crippen molar-refractivity contribution in [1.82, 2.24) is 19.5 Å².